The smallest absolute Gasteiger partial charge is 0.248 e. The molecule has 1 heterocycles. The van der Waals surface area contributed by atoms with Crippen LogP contribution >= 0.6 is 0 Å². The zero-order valence-electron chi connectivity index (χ0n) is 12.2. The molecule has 0 spiro atoms. The third-order valence-electron chi connectivity index (χ3n) is 3.00. The second-order valence-electron chi connectivity index (χ2n) is 5.76. The first-order valence-electron chi connectivity index (χ1n) is 6.49. The Labute approximate surface area is 122 Å². The van der Waals surface area contributed by atoms with Crippen LogP contribution in [0.25, 0.3) is 11.4 Å². The average Bonchev–Trinajstić information content (AvgIpc) is 2.86. The van der Waals surface area contributed by atoms with Crippen LogP contribution in [0.2, 0.25) is 0 Å². The maximum Gasteiger partial charge on any atom is 0.248 e. The molecule has 0 bridgehead atoms. The Balaban J connectivity index is 2.16. The number of rotatable bonds is 4. The van der Waals surface area contributed by atoms with Crippen LogP contribution in [0.15, 0.2) is 24.3 Å². The first-order chi connectivity index (χ1) is 9.77. The third kappa shape index (κ3) is 3.50. The lowest BCUT2D eigenvalue weighted by molar-refractivity contribution is -0.127. The fourth-order valence-electron chi connectivity index (χ4n) is 1.57. The van der Waals surface area contributed by atoms with Crippen LogP contribution in [0.3, 0.4) is 0 Å². The van der Waals surface area contributed by atoms with E-state index in [-0.39, 0.29) is 12.3 Å². The minimum atomic E-state index is -0.492. The highest BCUT2D eigenvalue weighted by Gasteiger charge is 2.22. The summed E-state index contributed by atoms with van der Waals surface area (Å²) in [7, 11) is 0. The van der Waals surface area contributed by atoms with Crippen LogP contribution < -0.4 is 5.73 Å². The van der Waals surface area contributed by atoms with Gasteiger partial charge in [0.05, 0.1) is 0 Å². The predicted octanol–water partition coefficient (Wildman–Crippen LogP) is 1.05. The van der Waals surface area contributed by atoms with Gasteiger partial charge in [0.25, 0.3) is 0 Å². The lowest BCUT2D eigenvalue weighted by Crippen LogP contribution is -2.26. The molecule has 110 valence electrons. The summed E-state index contributed by atoms with van der Waals surface area (Å²) in [6, 6.07) is 6.57. The van der Waals surface area contributed by atoms with Gasteiger partial charge in [0.2, 0.25) is 11.7 Å². The minimum Gasteiger partial charge on any atom is -0.366 e. The molecule has 0 unspecified atom stereocenters. The quantitative estimate of drug-likeness (QED) is 0.905. The summed E-state index contributed by atoms with van der Waals surface area (Å²) in [5.41, 5.74) is 5.84. The van der Waals surface area contributed by atoms with E-state index in [1.54, 1.807) is 24.3 Å². The van der Waals surface area contributed by atoms with Crippen LogP contribution in [0, 0.1) is 5.41 Å². The van der Waals surface area contributed by atoms with Gasteiger partial charge in [-0.3, -0.25) is 9.59 Å². The number of amides is 1. The van der Waals surface area contributed by atoms with Gasteiger partial charge in [-0.15, -0.1) is 10.2 Å². The van der Waals surface area contributed by atoms with Crippen LogP contribution in [0.5, 0.6) is 0 Å². The van der Waals surface area contributed by atoms with Crippen molar-refractivity contribution in [1.82, 2.24) is 20.2 Å². The minimum absolute atomic E-state index is 0.0236. The number of benzene rings is 1. The highest BCUT2D eigenvalue weighted by Crippen LogP contribution is 2.17. The molecule has 1 aromatic carbocycles. The number of aromatic nitrogens is 4. The van der Waals surface area contributed by atoms with E-state index in [0.29, 0.717) is 17.0 Å². The monoisotopic (exact) mass is 287 g/mol. The van der Waals surface area contributed by atoms with Gasteiger partial charge >= 0.3 is 0 Å². The summed E-state index contributed by atoms with van der Waals surface area (Å²) in [6.07, 6.45) is 0. The highest BCUT2D eigenvalue weighted by atomic mass is 16.1. The number of carbonyl (C=O) groups is 2. The van der Waals surface area contributed by atoms with E-state index in [0.717, 1.165) is 0 Å². The summed E-state index contributed by atoms with van der Waals surface area (Å²) in [4.78, 5) is 24.2. The van der Waals surface area contributed by atoms with Crippen molar-refractivity contribution in [2.75, 3.05) is 0 Å². The number of primary amides is 1. The van der Waals surface area contributed by atoms with Crippen molar-refractivity contribution in [1.29, 1.82) is 0 Å². The van der Waals surface area contributed by atoms with Gasteiger partial charge in [0.1, 0.15) is 6.54 Å². The van der Waals surface area contributed by atoms with E-state index in [4.69, 9.17) is 5.73 Å². The van der Waals surface area contributed by atoms with E-state index < -0.39 is 11.3 Å². The first-order valence-corrected chi connectivity index (χ1v) is 6.49. The number of hydrogen-bond donors (Lipinski definition) is 1. The van der Waals surface area contributed by atoms with E-state index in [2.05, 4.69) is 15.4 Å². The molecule has 21 heavy (non-hydrogen) atoms. The standard InChI is InChI=1S/C14H17N5O2/c1-14(2,3)11(20)8-19-17-13(16-18-19)10-6-4-9(5-7-10)12(15)21/h4-7H,8H2,1-3H3,(H2,15,21). The molecule has 2 aromatic rings. The van der Waals surface area contributed by atoms with Gasteiger partial charge in [-0.25, -0.2) is 0 Å². The zero-order chi connectivity index (χ0) is 15.6. The summed E-state index contributed by atoms with van der Waals surface area (Å²) in [5, 5.41) is 11.9. The van der Waals surface area contributed by atoms with Gasteiger partial charge in [-0.05, 0) is 17.3 Å². The van der Waals surface area contributed by atoms with Gasteiger partial charge in [0, 0.05) is 16.5 Å². The molecule has 1 aromatic heterocycles. The zero-order valence-corrected chi connectivity index (χ0v) is 12.2. The summed E-state index contributed by atoms with van der Waals surface area (Å²) >= 11 is 0. The van der Waals surface area contributed by atoms with Crippen molar-refractivity contribution in [3.05, 3.63) is 29.8 Å². The molecule has 7 heteroatoms. The summed E-state index contributed by atoms with van der Waals surface area (Å²) in [5.74, 6) is -0.0720. The van der Waals surface area contributed by atoms with Crippen LogP contribution in [0.4, 0.5) is 0 Å². The molecule has 0 fully saturated rings. The SMILES string of the molecule is CC(C)(C)C(=O)Cn1nnc(-c2ccc(C(N)=O)cc2)n1. The first kappa shape index (κ1) is 14.8. The van der Waals surface area contributed by atoms with Crippen molar-refractivity contribution in [2.45, 2.75) is 27.3 Å². The molecule has 0 saturated carbocycles. The number of nitrogens with zero attached hydrogens (tertiary/aromatic N) is 4. The Morgan fingerprint density at radius 3 is 2.33 bits per heavy atom. The van der Waals surface area contributed by atoms with Crippen molar-refractivity contribution >= 4 is 11.7 Å². The molecule has 0 aliphatic heterocycles. The fourth-order valence-corrected chi connectivity index (χ4v) is 1.57. The van der Waals surface area contributed by atoms with Gasteiger partial charge in [0.15, 0.2) is 5.78 Å². The molecule has 0 radical (unpaired) electrons. The normalized spacial score (nSPS) is 11.4. The Kier molecular flexibility index (Phi) is 3.84. The molecule has 7 nitrogen and oxygen atoms in total. The number of ketones is 1. The maximum absolute atomic E-state index is 11.9. The summed E-state index contributed by atoms with van der Waals surface area (Å²) in [6.45, 7) is 5.61. The molecule has 0 atom stereocenters. The molecule has 1 amide bonds. The highest BCUT2D eigenvalue weighted by molar-refractivity contribution is 5.93. The molecular formula is C14H17N5O2. The molecule has 0 aliphatic carbocycles. The maximum atomic E-state index is 11.9. The molecular weight excluding hydrogens is 270 g/mol. The Morgan fingerprint density at radius 2 is 1.81 bits per heavy atom. The number of Topliss-reactive ketones (excluding diaryl/α,β-unsaturated/α-hetero) is 1. The number of hydrogen-bond acceptors (Lipinski definition) is 5. The van der Waals surface area contributed by atoms with Gasteiger partial charge < -0.3 is 5.73 Å². The third-order valence-corrected chi connectivity index (χ3v) is 3.00. The van der Waals surface area contributed by atoms with Crippen LogP contribution in [-0.4, -0.2) is 31.9 Å². The van der Waals surface area contributed by atoms with Gasteiger partial charge in [-0.2, -0.15) is 4.80 Å². The van der Waals surface area contributed by atoms with E-state index in [1.807, 2.05) is 20.8 Å². The second-order valence-corrected chi connectivity index (χ2v) is 5.76. The molecule has 2 rings (SSSR count). The van der Waals surface area contributed by atoms with E-state index >= 15 is 0 Å². The topological polar surface area (TPSA) is 104 Å². The van der Waals surface area contributed by atoms with E-state index in [1.165, 1.54) is 4.80 Å². The Morgan fingerprint density at radius 1 is 1.19 bits per heavy atom. The number of nitrogens with two attached hydrogens (primary N) is 1. The lowest BCUT2D eigenvalue weighted by Gasteiger charge is -2.15. The van der Waals surface area contributed by atoms with Crippen molar-refractivity contribution in [3.63, 3.8) is 0 Å². The van der Waals surface area contributed by atoms with Crippen LogP contribution in [0.1, 0.15) is 31.1 Å². The lowest BCUT2D eigenvalue weighted by atomic mass is 9.91. The fraction of sp³-hybridized carbons (Fsp3) is 0.357. The predicted molar refractivity (Wildman–Crippen MR) is 76.2 cm³/mol. The Bertz CT molecular complexity index is 667. The van der Waals surface area contributed by atoms with Crippen molar-refractivity contribution in [2.24, 2.45) is 11.1 Å². The van der Waals surface area contributed by atoms with Gasteiger partial charge in [-0.1, -0.05) is 32.9 Å². The van der Waals surface area contributed by atoms with Crippen LogP contribution in [-0.2, 0) is 11.3 Å². The second kappa shape index (κ2) is 5.43. The number of tetrazole rings is 1. The van der Waals surface area contributed by atoms with Crippen molar-refractivity contribution < 1.29 is 9.59 Å². The number of carbonyl (C=O) groups excluding carboxylic acids is 2. The molecule has 0 aliphatic rings. The summed E-state index contributed by atoms with van der Waals surface area (Å²) < 4.78 is 0. The Hall–Kier alpha value is -2.57. The average molecular weight is 287 g/mol. The van der Waals surface area contributed by atoms with Crippen molar-refractivity contribution in [3.8, 4) is 11.4 Å². The largest absolute Gasteiger partial charge is 0.366 e. The molecule has 0 saturated heterocycles. The molecule has 2 N–H and O–H groups in total. The van der Waals surface area contributed by atoms with E-state index in [9.17, 15) is 9.59 Å².